The molecule has 2 aromatic rings. The number of piperazine rings is 1. The zero-order valence-corrected chi connectivity index (χ0v) is 18.2. The van der Waals surface area contributed by atoms with Crippen LogP contribution >= 0.6 is 0 Å². The fourth-order valence-electron chi connectivity index (χ4n) is 3.83. The van der Waals surface area contributed by atoms with Crippen LogP contribution in [0.4, 0.5) is 0 Å². The number of sulfonamides is 1. The first-order chi connectivity index (χ1) is 13.1. The Morgan fingerprint density at radius 3 is 1.86 bits per heavy atom. The van der Waals surface area contributed by atoms with Crippen molar-refractivity contribution in [2.24, 2.45) is 7.05 Å². The van der Waals surface area contributed by atoms with Crippen molar-refractivity contribution >= 4 is 15.9 Å². The van der Waals surface area contributed by atoms with Gasteiger partial charge in [0.05, 0.1) is 16.7 Å². The van der Waals surface area contributed by atoms with Crippen molar-refractivity contribution in [2.75, 3.05) is 26.2 Å². The second kappa shape index (κ2) is 7.33. The van der Waals surface area contributed by atoms with Gasteiger partial charge in [-0.05, 0) is 62.4 Å². The molecule has 1 aromatic heterocycles. The van der Waals surface area contributed by atoms with Crippen LogP contribution in [0.15, 0.2) is 17.3 Å². The van der Waals surface area contributed by atoms with Gasteiger partial charge in [-0.1, -0.05) is 0 Å². The second-order valence-corrected chi connectivity index (χ2v) is 9.43. The Bertz CT molecular complexity index is 1000. The number of carbonyl (C=O) groups is 1. The smallest absolute Gasteiger partial charge is 0.257 e. The van der Waals surface area contributed by atoms with Crippen molar-refractivity contribution in [3.8, 4) is 0 Å². The summed E-state index contributed by atoms with van der Waals surface area (Å²) in [6, 6.07) is 0. The zero-order valence-electron chi connectivity index (χ0n) is 17.4. The van der Waals surface area contributed by atoms with Gasteiger partial charge in [0, 0.05) is 39.4 Å². The van der Waals surface area contributed by atoms with Gasteiger partial charge in [-0.3, -0.25) is 9.48 Å². The van der Waals surface area contributed by atoms with Crippen LogP contribution in [0.1, 0.15) is 38.2 Å². The summed E-state index contributed by atoms with van der Waals surface area (Å²) < 4.78 is 29.9. The number of aryl methyl sites for hydroxylation is 1. The van der Waals surface area contributed by atoms with E-state index >= 15 is 0 Å². The molecule has 8 heteroatoms. The molecule has 2 heterocycles. The van der Waals surface area contributed by atoms with E-state index in [4.69, 9.17) is 0 Å². The maximum absolute atomic E-state index is 13.4. The second-order valence-electron chi connectivity index (χ2n) is 7.55. The molecule has 0 aliphatic carbocycles. The molecule has 0 saturated carbocycles. The van der Waals surface area contributed by atoms with Crippen molar-refractivity contribution in [2.45, 2.75) is 39.5 Å². The lowest BCUT2D eigenvalue weighted by Crippen LogP contribution is -2.50. The average Bonchev–Trinajstić information content (AvgIpc) is 3.10. The molecule has 0 bridgehead atoms. The van der Waals surface area contributed by atoms with E-state index in [1.54, 1.807) is 22.8 Å². The van der Waals surface area contributed by atoms with E-state index in [2.05, 4.69) is 5.10 Å². The minimum absolute atomic E-state index is 0.112. The van der Waals surface area contributed by atoms with Crippen LogP contribution in [0.3, 0.4) is 0 Å². The molecular weight excluding hydrogens is 376 g/mol. The van der Waals surface area contributed by atoms with Crippen LogP contribution in [-0.2, 0) is 17.1 Å². The normalized spacial score (nSPS) is 15.9. The van der Waals surface area contributed by atoms with Crippen molar-refractivity contribution < 1.29 is 13.2 Å². The predicted octanol–water partition coefficient (Wildman–Crippen LogP) is 2.11. The quantitative estimate of drug-likeness (QED) is 0.785. The number of hydrogen-bond donors (Lipinski definition) is 0. The Hall–Kier alpha value is -2.19. The molecule has 1 fully saturated rings. The summed E-state index contributed by atoms with van der Waals surface area (Å²) in [5, 5.41) is 4.03. The summed E-state index contributed by atoms with van der Waals surface area (Å²) in [5.41, 5.74) is 5.33. The van der Waals surface area contributed by atoms with Crippen LogP contribution in [0.5, 0.6) is 0 Å². The molecule has 0 spiro atoms. The van der Waals surface area contributed by atoms with Crippen molar-refractivity contribution in [1.82, 2.24) is 19.0 Å². The number of amides is 1. The third-order valence-corrected chi connectivity index (χ3v) is 8.18. The molecule has 1 aliphatic rings. The molecule has 1 aliphatic heterocycles. The van der Waals surface area contributed by atoms with Gasteiger partial charge in [0.15, 0.2) is 0 Å². The zero-order chi connectivity index (χ0) is 20.8. The third-order valence-electron chi connectivity index (χ3n) is 6.01. The third kappa shape index (κ3) is 3.35. The van der Waals surface area contributed by atoms with E-state index in [1.807, 2.05) is 34.6 Å². The van der Waals surface area contributed by atoms with Crippen molar-refractivity contribution in [3.63, 3.8) is 0 Å². The maximum Gasteiger partial charge on any atom is 0.257 e. The number of aromatic nitrogens is 2. The fraction of sp³-hybridized carbons (Fsp3) is 0.500. The van der Waals surface area contributed by atoms with Gasteiger partial charge in [-0.2, -0.15) is 9.40 Å². The molecule has 0 unspecified atom stereocenters. The Kier molecular flexibility index (Phi) is 5.38. The fourth-order valence-corrected chi connectivity index (χ4v) is 5.81. The van der Waals surface area contributed by atoms with Crippen molar-refractivity contribution in [1.29, 1.82) is 0 Å². The highest BCUT2D eigenvalue weighted by Crippen LogP contribution is 2.32. The van der Waals surface area contributed by atoms with Crippen molar-refractivity contribution in [3.05, 3.63) is 45.8 Å². The summed E-state index contributed by atoms with van der Waals surface area (Å²) in [6.45, 7) is 11.1. The van der Waals surface area contributed by atoms with E-state index in [0.29, 0.717) is 36.6 Å². The van der Waals surface area contributed by atoms with E-state index in [-0.39, 0.29) is 5.91 Å². The van der Waals surface area contributed by atoms with Crippen LogP contribution in [-0.4, -0.2) is 59.5 Å². The van der Waals surface area contributed by atoms with Gasteiger partial charge >= 0.3 is 0 Å². The summed E-state index contributed by atoms with van der Waals surface area (Å²) in [6.07, 6.45) is 3.21. The molecule has 152 valence electrons. The summed E-state index contributed by atoms with van der Waals surface area (Å²) in [4.78, 5) is 14.7. The van der Waals surface area contributed by atoms with Gasteiger partial charge in [0.2, 0.25) is 10.0 Å². The van der Waals surface area contributed by atoms with Crippen LogP contribution in [0.25, 0.3) is 0 Å². The van der Waals surface area contributed by atoms with E-state index < -0.39 is 10.0 Å². The van der Waals surface area contributed by atoms with Gasteiger partial charge in [0.25, 0.3) is 5.91 Å². The molecule has 3 rings (SSSR count). The molecular formula is C20H28N4O3S. The molecule has 1 amide bonds. The largest absolute Gasteiger partial charge is 0.336 e. The number of carbonyl (C=O) groups excluding carboxylic acids is 1. The lowest BCUT2D eigenvalue weighted by atomic mass is 9.95. The lowest BCUT2D eigenvalue weighted by molar-refractivity contribution is 0.0697. The Morgan fingerprint density at radius 1 is 0.893 bits per heavy atom. The summed E-state index contributed by atoms with van der Waals surface area (Å²) in [7, 11) is -1.85. The van der Waals surface area contributed by atoms with Gasteiger partial charge in [-0.15, -0.1) is 0 Å². The van der Waals surface area contributed by atoms with Gasteiger partial charge in [0.1, 0.15) is 0 Å². The molecule has 1 aromatic carbocycles. The average molecular weight is 405 g/mol. The predicted molar refractivity (Wildman–Crippen MR) is 108 cm³/mol. The number of rotatable bonds is 3. The molecule has 1 saturated heterocycles. The monoisotopic (exact) mass is 404 g/mol. The first-order valence-electron chi connectivity index (χ1n) is 9.40. The maximum atomic E-state index is 13.4. The Morgan fingerprint density at radius 2 is 1.39 bits per heavy atom. The first-order valence-corrected chi connectivity index (χ1v) is 10.8. The van der Waals surface area contributed by atoms with Crippen LogP contribution in [0.2, 0.25) is 0 Å². The van der Waals surface area contributed by atoms with Gasteiger partial charge < -0.3 is 4.90 Å². The number of hydrogen-bond acceptors (Lipinski definition) is 4. The highest BCUT2D eigenvalue weighted by Gasteiger charge is 2.33. The molecule has 0 radical (unpaired) electrons. The van der Waals surface area contributed by atoms with E-state index in [1.165, 1.54) is 10.5 Å². The number of nitrogens with zero attached hydrogens (tertiary/aromatic N) is 4. The SMILES string of the molecule is Cc1c(C)c(C)c(S(=O)(=O)N2CCN(C(=O)c3cnn(C)c3)CC2)c(C)c1C. The van der Waals surface area contributed by atoms with E-state index in [0.717, 1.165) is 27.8 Å². The topological polar surface area (TPSA) is 75.5 Å². The molecule has 7 nitrogen and oxygen atoms in total. The summed E-state index contributed by atoms with van der Waals surface area (Å²) in [5.74, 6) is -0.112. The van der Waals surface area contributed by atoms with Crippen LogP contribution < -0.4 is 0 Å². The Balaban J connectivity index is 1.84. The minimum Gasteiger partial charge on any atom is -0.336 e. The molecule has 0 atom stereocenters. The molecule has 28 heavy (non-hydrogen) atoms. The highest BCUT2D eigenvalue weighted by atomic mass is 32.2. The highest BCUT2D eigenvalue weighted by molar-refractivity contribution is 7.89. The van der Waals surface area contributed by atoms with E-state index in [9.17, 15) is 13.2 Å². The summed E-state index contributed by atoms with van der Waals surface area (Å²) >= 11 is 0. The lowest BCUT2D eigenvalue weighted by Gasteiger charge is -2.34. The Labute approximate surface area is 167 Å². The first kappa shape index (κ1) is 20.5. The van der Waals surface area contributed by atoms with Crippen LogP contribution in [0, 0.1) is 34.6 Å². The molecule has 0 N–H and O–H groups in total. The van der Waals surface area contributed by atoms with Gasteiger partial charge in [-0.25, -0.2) is 8.42 Å². The number of benzene rings is 1. The standard InChI is InChI=1S/C20H28N4O3S/c1-13-14(2)16(4)19(17(5)15(13)3)28(26,27)24-9-7-23(8-10-24)20(25)18-11-21-22(6)12-18/h11-12H,7-10H2,1-6H3. The minimum atomic E-state index is -3.62.